The Bertz CT molecular complexity index is 612. The molecule has 0 saturated carbocycles. The maximum Gasteiger partial charge on any atom is 0.269 e. The molecule has 1 aromatic carbocycles. The zero-order valence-corrected chi connectivity index (χ0v) is 11.3. The lowest BCUT2D eigenvalue weighted by Gasteiger charge is -2.19. The molecular weight excluding hydrogens is 252 g/mol. The first-order chi connectivity index (χ1) is 8.02. The van der Waals surface area contributed by atoms with E-state index >= 15 is 0 Å². The van der Waals surface area contributed by atoms with E-state index in [2.05, 4.69) is 0 Å². The Balaban J connectivity index is 2.66. The molecule has 90 valence electrons. The van der Waals surface area contributed by atoms with E-state index in [0.717, 1.165) is 10.1 Å². The van der Waals surface area contributed by atoms with E-state index in [1.807, 2.05) is 38.1 Å². The van der Waals surface area contributed by atoms with Crippen LogP contribution in [-0.2, 0) is 0 Å². The fourth-order valence-corrected chi connectivity index (χ4v) is 3.59. The highest BCUT2D eigenvalue weighted by Crippen LogP contribution is 2.24. The Hall–Kier alpha value is -1.20. The summed E-state index contributed by atoms with van der Waals surface area (Å²) in [6.07, 6.45) is 0. The zero-order chi connectivity index (χ0) is 12.6. The maximum absolute atomic E-state index is 12.2. The predicted molar refractivity (Wildman–Crippen MR) is 76.7 cm³/mol. The second-order valence-electron chi connectivity index (χ2n) is 4.31. The number of nitrogens with zero attached hydrogens (tertiary/aromatic N) is 1. The number of fused-ring (bicyclic) bond motifs is 1. The van der Waals surface area contributed by atoms with Crippen LogP contribution in [0.25, 0.3) is 10.1 Å². The molecule has 1 heterocycles. The third-order valence-electron chi connectivity index (χ3n) is 2.69. The van der Waals surface area contributed by atoms with Gasteiger partial charge in [0, 0.05) is 0 Å². The number of hydrogen-bond acceptors (Lipinski definition) is 3. The molecule has 5 heteroatoms. The molecule has 1 unspecified atom stereocenters. The van der Waals surface area contributed by atoms with Crippen molar-refractivity contribution in [1.82, 2.24) is 3.96 Å². The van der Waals surface area contributed by atoms with Gasteiger partial charge in [-0.15, -0.1) is 0 Å². The highest BCUT2D eigenvalue weighted by atomic mass is 32.1. The van der Waals surface area contributed by atoms with Crippen LogP contribution in [0.5, 0.6) is 0 Å². The number of rotatable bonds is 3. The third kappa shape index (κ3) is 2.12. The van der Waals surface area contributed by atoms with Gasteiger partial charge in [-0.1, -0.05) is 49.7 Å². The van der Waals surface area contributed by atoms with Gasteiger partial charge in [0.2, 0.25) is 0 Å². The molecule has 2 rings (SSSR count). The first-order valence-corrected chi connectivity index (χ1v) is 6.60. The summed E-state index contributed by atoms with van der Waals surface area (Å²) in [5.41, 5.74) is 5.74. The second-order valence-corrected chi connectivity index (χ2v) is 5.80. The molecule has 0 radical (unpaired) electrons. The van der Waals surface area contributed by atoms with E-state index in [1.165, 1.54) is 11.5 Å². The number of aromatic nitrogens is 1. The van der Waals surface area contributed by atoms with Gasteiger partial charge in [-0.25, -0.2) is 0 Å². The smallest absolute Gasteiger partial charge is 0.269 e. The number of benzene rings is 1. The standard InChI is InChI=1S/C12H14N2OS2/c1-7(2)10(11(13)16)14-12(15)8-5-3-4-6-9(8)17-14/h3-7,10H,1-2H3,(H2,13,16). The monoisotopic (exact) mass is 266 g/mol. The number of hydrogen-bond donors (Lipinski definition) is 1. The molecule has 0 fully saturated rings. The summed E-state index contributed by atoms with van der Waals surface area (Å²) in [5, 5.41) is 0.736. The van der Waals surface area contributed by atoms with Crippen molar-refractivity contribution in [2.45, 2.75) is 19.9 Å². The van der Waals surface area contributed by atoms with Gasteiger partial charge in [0.05, 0.1) is 21.1 Å². The van der Waals surface area contributed by atoms with Crippen molar-refractivity contribution in [2.75, 3.05) is 0 Å². The summed E-state index contributed by atoms with van der Waals surface area (Å²) < 4.78 is 2.66. The second kappa shape index (κ2) is 4.58. The van der Waals surface area contributed by atoms with Crippen molar-refractivity contribution in [2.24, 2.45) is 11.7 Å². The molecule has 0 amide bonds. The minimum Gasteiger partial charge on any atom is -0.392 e. The predicted octanol–water partition coefficient (Wildman–Crippen LogP) is 2.55. The summed E-state index contributed by atoms with van der Waals surface area (Å²) in [4.78, 5) is 12.6. The molecule has 2 aromatic rings. The fourth-order valence-electron chi connectivity index (χ4n) is 1.89. The Morgan fingerprint density at radius 2 is 2.06 bits per heavy atom. The molecule has 1 aromatic heterocycles. The van der Waals surface area contributed by atoms with Crippen molar-refractivity contribution in [1.29, 1.82) is 0 Å². The zero-order valence-electron chi connectivity index (χ0n) is 9.71. The van der Waals surface area contributed by atoms with Gasteiger partial charge in [0.1, 0.15) is 0 Å². The lowest BCUT2D eigenvalue weighted by Crippen LogP contribution is -2.33. The maximum atomic E-state index is 12.2. The van der Waals surface area contributed by atoms with Crippen molar-refractivity contribution in [3.63, 3.8) is 0 Å². The lowest BCUT2D eigenvalue weighted by molar-refractivity contribution is 0.496. The average Bonchev–Trinajstić information content (AvgIpc) is 2.56. The van der Waals surface area contributed by atoms with Gasteiger partial charge in [0.15, 0.2) is 0 Å². The Kier molecular flexibility index (Phi) is 3.31. The minimum atomic E-state index is -0.199. The van der Waals surface area contributed by atoms with E-state index in [9.17, 15) is 4.79 Å². The molecule has 0 bridgehead atoms. The van der Waals surface area contributed by atoms with Gasteiger partial charge in [0.25, 0.3) is 5.56 Å². The fraction of sp³-hybridized carbons (Fsp3) is 0.333. The van der Waals surface area contributed by atoms with Crippen molar-refractivity contribution in [3.8, 4) is 0 Å². The quantitative estimate of drug-likeness (QED) is 0.869. The highest BCUT2D eigenvalue weighted by molar-refractivity contribution is 7.80. The van der Waals surface area contributed by atoms with E-state index < -0.39 is 0 Å². The van der Waals surface area contributed by atoms with E-state index in [4.69, 9.17) is 18.0 Å². The number of thiocarbonyl (C=S) groups is 1. The van der Waals surface area contributed by atoms with Crippen molar-refractivity contribution >= 4 is 38.8 Å². The summed E-state index contributed by atoms with van der Waals surface area (Å²) in [5.74, 6) is 0.207. The normalized spacial score (nSPS) is 13.1. The Morgan fingerprint density at radius 1 is 1.41 bits per heavy atom. The average molecular weight is 266 g/mol. The molecule has 0 spiro atoms. The summed E-state index contributed by atoms with van der Waals surface area (Å²) in [6.45, 7) is 4.03. The molecule has 17 heavy (non-hydrogen) atoms. The van der Waals surface area contributed by atoms with Crippen molar-refractivity contribution in [3.05, 3.63) is 34.6 Å². The summed E-state index contributed by atoms with van der Waals surface area (Å²) in [6, 6.07) is 7.37. The molecule has 1 atom stereocenters. The van der Waals surface area contributed by atoms with Crippen LogP contribution in [0.2, 0.25) is 0 Å². The van der Waals surface area contributed by atoms with Crippen LogP contribution in [-0.4, -0.2) is 8.95 Å². The van der Waals surface area contributed by atoms with Crippen LogP contribution in [0, 0.1) is 5.92 Å². The van der Waals surface area contributed by atoms with Gasteiger partial charge in [-0.05, 0) is 18.1 Å². The van der Waals surface area contributed by atoms with E-state index in [0.29, 0.717) is 4.99 Å². The molecule has 0 aliphatic heterocycles. The molecule has 0 aliphatic carbocycles. The molecule has 0 saturated heterocycles. The van der Waals surface area contributed by atoms with Gasteiger partial charge in [-0.3, -0.25) is 8.75 Å². The Morgan fingerprint density at radius 3 is 2.59 bits per heavy atom. The highest BCUT2D eigenvalue weighted by Gasteiger charge is 2.22. The minimum absolute atomic E-state index is 0.00269. The van der Waals surface area contributed by atoms with E-state index in [1.54, 1.807) is 3.96 Å². The molecule has 0 aliphatic rings. The van der Waals surface area contributed by atoms with Gasteiger partial charge in [-0.2, -0.15) is 0 Å². The van der Waals surface area contributed by atoms with E-state index in [-0.39, 0.29) is 17.5 Å². The first-order valence-electron chi connectivity index (χ1n) is 5.42. The summed E-state index contributed by atoms with van der Waals surface area (Å²) >= 11 is 6.49. The largest absolute Gasteiger partial charge is 0.392 e. The SMILES string of the molecule is CC(C)C(C(N)=S)n1sc2ccccc2c1=O. The Labute approximate surface area is 109 Å². The van der Waals surface area contributed by atoms with Crippen LogP contribution in [0.15, 0.2) is 29.1 Å². The molecule has 3 nitrogen and oxygen atoms in total. The van der Waals surface area contributed by atoms with Gasteiger partial charge < -0.3 is 5.73 Å². The molecule has 2 N–H and O–H groups in total. The van der Waals surface area contributed by atoms with Crippen LogP contribution < -0.4 is 11.3 Å². The number of nitrogens with two attached hydrogens (primary N) is 1. The van der Waals surface area contributed by atoms with Crippen LogP contribution in [0.4, 0.5) is 0 Å². The first kappa shape index (κ1) is 12.3. The van der Waals surface area contributed by atoms with Gasteiger partial charge >= 0.3 is 0 Å². The van der Waals surface area contributed by atoms with Crippen LogP contribution >= 0.6 is 23.8 Å². The van der Waals surface area contributed by atoms with Crippen LogP contribution in [0.3, 0.4) is 0 Å². The van der Waals surface area contributed by atoms with Crippen LogP contribution in [0.1, 0.15) is 19.9 Å². The molecular formula is C12H14N2OS2. The lowest BCUT2D eigenvalue weighted by atomic mass is 10.1. The summed E-state index contributed by atoms with van der Waals surface area (Å²) in [7, 11) is 0. The third-order valence-corrected chi connectivity index (χ3v) is 4.07. The topological polar surface area (TPSA) is 48.0 Å². The van der Waals surface area contributed by atoms with Crippen molar-refractivity contribution < 1.29 is 0 Å².